The Kier molecular flexibility index (Phi) is 4.40. The second-order valence-corrected chi connectivity index (χ2v) is 6.77. The molecule has 0 atom stereocenters. The van der Waals surface area contributed by atoms with Crippen LogP contribution in [0.3, 0.4) is 0 Å². The summed E-state index contributed by atoms with van der Waals surface area (Å²) in [5.41, 5.74) is 4.90. The topological polar surface area (TPSA) is 85.3 Å². The molecule has 0 aromatic carbocycles. The van der Waals surface area contributed by atoms with Crippen LogP contribution in [-0.2, 0) is 16.6 Å². The average Bonchev–Trinajstić information content (AvgIpc) is 2.59. The normalized spacial score (nSPS) is 13.0. The Balaban J connectivity index is 3.09. The van der Waals surface area contributed by atoms with Gasteiger partial charge in [-0.25, -0.2) is 13.1 Å². The fourth-order valence-electron chi connectivity index (χ4n) is 1.17. The summed E-state index contributed by atoms with van der Waals surface area (Å²) >= 11 is 3.08. The van der Waals surface area contributed by atoms with Crippen molar-refractivity contribution in [3.63, 3.8) is 0 Å². The number of nitrogens with one attached hydrogen (secondary N) is 1. The zero-order valence-electron chi connectivity index (χ0n) is 10.1. The van der Waals surface area contributed by atoms with Gasteiger partial charge in [0.25, 0.3) is 0 Å². The van der Waals surface area contributed by atoms with Crippen LogP contribution in [0.4, 0.5) is 0 Å². The van der Waals surface area contributed by atoms with Crippen LogP contribution in [0.15, 0.2) is 20.0 Å². The van der Waals surface area contributed by atoms with E-state index in [0.717, 1.165) is 0 Å². The van der Waals surface area contributed by atoms with Crippen LogP contribution >= 0.6 is 15.9 Å². The molecule has 1 aromatic rings. The number of sulfonamides is 1. The van der Waals surface area contributed by atoms with Gasteiger partial charge in [0.1, 0.15) is 10.7 Å². The third-order valence-electron chi connectivity index (χ3n) is 2.49. The van der Waals surface area contributed by atoms with Crippen molar-refractivity contribution in [1.82, 2.24) is 4.72 Å². The van der Waals surface area contributed by atoms with Crippen molar-refractivity contribution in [2.45, 2.75) is 44.2 Å². The molecule has 1 aromatic heterocycles. The molecule has 17 heavy (non-hydrogen) atoms. The van der Waals surface area contributed by atoms with Gasteiger partial charge in [-0.2, -0.15) is 0 Å². The molecule has 5 nitrogen and oxygen atoms in total. The highest BCUT2D eigenvalue weighted by Gasteiger charge is 2.28. The van der Waals surface area contributed by atoms with Crippen molar-refractivity contribution < 1.29 is 12.8 Å². The lowest BCUT2D eigenvalue weighted by Gasteiger charge is -2.23. The number of rotatable bonds is 5. The summed E-state index contributed by atoms with van der Waals surface area (Å²) in [6.45, 7) is 5.72. The van der Waals surface area contributed by atoms with Crippen molar-refractivity contribution in [2.75, 3.05) is 0 Å². The maximum atomic E-state index is 12.1. The molecule has 0 unspecified atom stereocenters. The standard InChI is InChI=1S/C10H17BrN2O3S/c1-4-10(2,3)13-17(14,15)8-5-7(6-12)16-9(8)11/h5,13H,4,6,12H2,1-3H3. The Morgan fingerprint density at radius 3 is 2.53 bits per heavy atom. The molecule has 0 radical (unpaired) electrons. The summed E-state index contributed by atoms with van der Waals surface area (Å²) in [5.74, 6) is 0.423. The molecule has 3 N–H and O–H groups in total. The lowest BCUT2D eigenvalue weighted by molar-refractivity contribution is 0.437. The summed E-state index contributed by atoms with van der Waals surface area (Å²) in [5, 5.41) is 0. The Hall–Kier alpha value is -0.370. The predicted molar refractivity (Wildman–Crippen MR) is 69.0 cm³/mol. The van der Waals surface area contributed by atoms with Crippen LogP contribution in [0.25, 0.3) is 0 Å². The smallest absolute Gasteiger partial charge is 0.245 e. The first kappa shape index (κ1) is 14.7. The van der Waals surface area contributed by atoms with Gasteiger partial charge >= 0.3 is 0 Å². The molecule has 98 valence electrons. The van der Waals surface area contributed by atoms with Crippen LogP contribution in [0.5, 0.6) is 0 Å². The first-order chi connectivity index (χ1) is 7.72. The minimum atomic E-state index is -3.60. The summed E-state index contributed by atoms with van der Waals surface area (Å²) < 4.78 is 32.2. The molecule has 0 bridgehead atoms. The lowest BCUT2D eigenvalue weighted by Crippen LogP contribution is -2.42. The van der Waals surface area contributed by atoms with E-state index >= 15 is 0 Å². The van der Waals surface area contributed by atoms with Gasteiger partial charge in [-0.1, -0.05) is 6.92 Å². The molecule has 0 aliphatic rings. The van der Waals surface area contributed by atoms with Crippen molar-refractivity contribution in [3.8, 4) is 0 Å². The van der Waals surface area contributed by atoms with E-state index in [1.54, 1.807) is 0 Å². The van der Waals surface area contributed by atoms with E-state index < -0.39 is 15.6 Å². The summed E-state index contributed by atoms with van der Waals surface area (Å²) in [7, 11) is -3.60. The van der Waals surface area contributed by atoms with Gasteiger partial charge in [0, 0.05) is 11.6 Å². The molecule has 0 aliphatic carbocycles. The first-order valence-corrected chi connectivity index (χ1v) is 7.51. The van der Waals surface area contributed by atoms with Crippen LogP contribution < -0.4 is 10.5 Å². The number of hydrogen-bond acceptors (Lipinski definition) is 4. The summed E-state index contributed by atoms with van der Waals surface area (Å²) in [4.78, 5) is 0.0828. The third-order valence-corrected chi connectivity index (χ3v) is 5.05. The zero-order valence-corrected chi connectivity index (χ0v) is 12.5. The number of hydrogen-bond donors (Lipinski definition) is 2. The first-order valence-electron chi connectivity index (χ1n) is 5.24. The molecule has 7 heteroatoms. The Morgan fingerprint density at radius 2 is 2.12 bits per heavy atom. The highest BCUT2D eigenvalue weighted by atomic mass is 79.9. The lowest BCUT2D eigenvalue weighted by atomic mass is 10.0. The van der Waals surface area contributed by atoms with E-state index in [2.05, 4.69) is 20.7 Å². The van der Waals surface area contributed by atoms with Gasteiger partial charge in [0.05, 0.1) is 6.54 Å². The highest BCUT2D eigenvalue weighted by Crippen LogP contribution is 2.27. The van der Waals surface area contributed by atoms with Gasteiger partial charge in [0.2, 0.25) is 10.0 Å². The molecule has 0 saturated heterocycles. The highest BCUT2D eigenvalue weighted by molar-refractivity contribution is 9.10. The minimum Gasteiger partial charge on any atom is -0.452 e. The van der Waals surface area contributed by atoms with E-state index in [4.69, 9.17) is 10.2 Å². The second kappa shape index (κ2) is 5.09. The summed E-state index contributed by atoms with van der Waals surface area (Å²) in [6.07, 6.45) is 0.686. The van der Waals surface area contributed by atoms with E-state index in [1.165, 1.54) is 6.07 Å². The maximum Gasteiger partial charge on any atom is 0.245 e. The van der Waals surface area contributed by atoms with Crippen molar-refractivity contribution in [3.05, 3.63) is 16.5 Å². The third kappa shape index (κ3) is 3.54. The number of halogens is 1. The fraction of sp³-hybridized carbons (Fsp3) is 0.600. The van der Waals surface area contributed by atoms with E-state index in [-0.39, 0.29) is 16.1 Å². The fourth-order valence-corrected chi connectivity index (χ4v) is 3.66. The molecular weight excluding hydrogens is 308 g/mol. The van der Waals surface area contributed by atoms with Gasteiger partial charge in [0.15, 0.2) is 4.67 Å². The number of furan rings is 1. The monoisotopic (exact) mass is 324 g/mol. The molecule has 0 aliphatic heterocycles. The van der Waals surface area contributed by atoms with E-state index in [9.17, 15) is 8.42 Å². The van der Waals surface area contributed by atoms with Crippen LogP contribution in [-0.4, -0.2) is 14.0 Å². The van der Waals surface area contributed by atoms with Crippen molar-refractivity contribution in [1.29, 1.82) is 0 Å². The average molecular weight is 325 g/mol. The molecular formula is C10H17BrN2O3S. The second-order valence-electron chi connectivity index (χ2n) is 4.40. The van der Waals surface area contributed by atoms with Crippen molar-refractivity contribution in [2.24, 2.45) is 5.73 Å². The van der Waals surface area contributed by atoms with E-state index in [1.807, 2.05) is 20.8 Å². The maximum absolute atomic E-state index is 12.1. The Bertz CT molecular complexity index is 494. The quantitative estimate of drug-likeness (QED) is 0.867. The minimum absolute atomic E-state index is 0.0828. The Morgan fingerprint density at radius 1 is 1.53 bits per heavy atom. The van der Waals surface area contributed by atoms with Gasteiger partial charge in [-0.3, -0.25) is 0 Å². The van der Waals surface area contributed by atoms with Crippen molar-refractivity contribution >= 4 is 26.0 Å². The van der Waals surface area contributed by atoms with Crippen LogP contribution in [0, 0.1) is 0 Å². The largest absolute Gasteiger partial charge is 0.452 e. The van der Waals surface area contributed by atoms with Gasteiger partial charge in [-0.05, 0) is 36.2 Å². The molecule has 1 heterocycles. The summed E-state index contributed by atoms with van der Waals surface area (Å²) in [6, 6.07) is 1.43. The zero-order chi connectivity index (χ0) is 13.3. The van der Waals surface area contributed by atoms with Gasteiger partial charge < -0.3 is 10.2 Å². The van der Waals surface area contributed by atoms with Crippen LogP contribution in [0.1, 0.15) is 33.0 Å². The molecule has 0 amide bonds. The molecule has 0 spiro atoms. The Labute approximate surface area is 110 Å². The molecule has 0 saturated carbocycles. The van der Waals surface area contributed by atoms with Gasteiger partial charge in [-0.15, -0.1) is 0 Å². The molecule has 0 fully saturated rings. The van der Waals surface area contributed by atoms with Crippen LogP contribution in [0.2, 0.25) is 0 Å². The van der Waals surface area contributed by atoms with E-state index in [0.29, 0.717) is 12.2 Å². The number of nitrogens with two attached hydrogens (primary N) is 1. The molecule has 1 rings (SSSR count). The predicted octanol–water partition coefficient (Wildman–Crippen LogP) is 1.97. The SMILES string of the molecule is CCC(C)(C)NS(=O)(=O)c1cc(CN)oc1Br.